The Hall–Kier alpha value is -3.65. The maximum Gasteiger partial charge on any atom is 0.261 e. The molecule has 7 nitrogen and oxygen atoms in total. The molecule has 1 amide bonds. The molecular weight excluding hydrogens is 378 g/mol. The summed E-state index contributed by atoms with van der Waals surface area (Å²) in [5.74, 6) is -0.185. The van der Waals surface area contributed by atoms with E-state index in [0.29, 0.717) is 33.8 Å². The summed E-state index contributed by atoms with van der Waals surface area (Å²) in [4.78, 5) is 15.8. The van der Waals surface area contributed by atoms with E-state index >= 15 is 0 Å². The lowest BCUT2D eigenvalue weighted by atomic mass is 10.2. The number of sulfonamides is 1. The second kappa shape index (κ2) is 6.82. The first-order chi connectivity index (χ1) is 13.4. The third-order valence-corrected chi connectivity index (χ3v) is 5.51. The number of carbonyl (C=O) groups is 1. The Balaban J connectivity index is 1.60. The minimum absolute atomic E-state index is 0.184. The molecule has 0 saturated carbocycles. The van der Waals surface area contributed by atoms with E-state index < -0.39 is 15.9 Å². The number of fused-ring (bicyclic) bond motifs is 1. The lowest BCUT2D eigenvalue weighted by Gasteiger charge is -2.08. The van der Waals surface area contributed by atoms with Crippen LogP contribution in [0, 0.1) is 0 Å². The highest BCUT2D eigenvalue weighted by atomic mass is 32.2. The first-order valence-corrected chi connectivity index (χ1v) is 9.79. The summed E-state index contributed by atoms with van der Waals surface area (Å²) in [6.45, 7) is 0. The number of hydrogen-bond acceptors (Lipinski definition) is 5. The van der Waals surface area contributed by atoms with Crippen molar-refractivity contribution in [3.63, 3.8) is 0 Å². The van der Waals surface area contributed by atoms with Gasteiger partial charge in [-0.3, -0.25) is 9.52 Å². The van der Waals surface area contributed by atoms with Crippen molar-refractivity contribution >= 4 is 32.7 Å². The van der Waals surface area contributed by atoms with E-state index in [9.17, 15) is 13.2 Å². The first-order valence-electron chi connectivity index (χ1n) is 8.31. The summed E-state index contributed by atoms with van der Waals surface area (Å²) in [7, 11) is -3.66. The molecule has 0 aliphatic heterocycles. The van der Waals surface area contributed by atoms with E-state index in [0.717, 1.165) is 0 Å². The zero-order chi connectivity index (χ0) is 19.7. The van der Waals surface area contributed by atoms with Gasteiger partial charge in [-0.25, -0.2) is 13.4 Å². The smallest absolute Gasteiger partial charge is 0.261 e. The number of nitrogens with two attached hydrogens (primary N) is 1. The highest BCUT2D eigenvalue weighted by molar-refractivity contribution is 7.92. The van der Waals surface area contributed by atoms with Crippen molar-refractivity contribution in [3.05, 3.63) is 78.4 Å². The van der Waals surface area contributed by atoms with Crippen LogP contribution in [-0.2, 0) is 10.0 Å². The number of anilines is 1. The van der Waals surface area contributed by atoms with Crippen LogP contribution < -0.4 is 10.5 Å². The molecular formula is C20H15N3O4S. The molecule has 3 N–H and O–H groups in total. The number of primary amides is 1. The Bertz CT molecular complexity index is 1260. The van der Waals surface area contributed by atoms with Crippen LogP contribution in [0.2, 0.25) is 0 Å². The van der Waals surface area contributed by atoms with Crippen molar-refractivity contribution in [2.45, 2.75) is 4.90 Å². The molecule has 0 unspecified atom stereocenters. The van der Waals surface area contributed by atoms with Crippen molar-refractivity contribution in [2.24, 2.45) is 5.73 Å². The summed E-state index contributed by atoms with van der Waals surface area (Å²) in [6.07, 6.45) is 0. The van der Waals surface area contributed by atoms with Crippen molar-refractivity contribution in [3.8, 4) is 11.5 Å². The number of aromatic nitrogens is 1. The largest absolute Gasteiger partial charge is 0.436 e. The van der Waals surface area contributed by atoms with Gasteiger partial charge < -0.3 is 10.2 Å². The van der Waals surface area contributed by atoms with Crippen LogP contribution in [0.15, 0.2) is 82.1 Å². The van der Waals surface area contributed by atoms with Crippen LogP contribution in [0.25, 0.3) is 22.6 Å². The third kappa shape index (κ3) is 3.45. The van der Waals surface area contributed by atoms with Gasteiger partial charge in [0.2, 0.25) is 11.8 Å². The first kappa shape index (κ1) is 17.7. The maximum absolute atomic E-state index is 12.4. The van der Waals surface area contributed by atoms with Gasteiger partial charge in [0.25, 0.3) is 10.0 Å². The minimum Gasteiger partial charge on any atom is -0.436 e. The number of nitrogens with zero attached hydrogens (tertiary/aromatic N) is 1. The zero-order valence-electron chi connectivity index (χ0n) is 14.5. The lowest BCUT2D eigenvalue weighted by Crippen LogP contribution is -2.12. The number of rotatable bonds is 5. The predicted octanol–water partition coefficient (Wildman–Crippen LogP) is 3.39. The summed E-state index contributed by atoms with van der Waals surface area (Å²) in [6, 6.07) is 19.5. The van der Waals surface area contributed by atoms with E-state index in [4.69, 9.17) is 10.2 Å². The third-order valence-electron chi connectivity index (χ3n) is 4.11. The minimum atomic E-state index is -3.66. The molecule has 4 rings (SSSR count). The predicted molar refractivity (Wildman–Crippen MR) is 105 cm³/mol. The van der Waals surface area contributed by atoms with Crippen molar-refractivity contribution < 1.29 is 17.6 Å². The number of benzene rings is 3. The van der Waals surface area contributed by atoms with Gasteiger partial charge in [-0.2, -0.15) is 0 Å². The molecule has 0 aliphatic rings. The summed E-state index contributed by atoms with van der Waals surface area (Å²) in [5, 5.41) is 0. The second-order valence-corrected chi connectivity index (χ2v) is 7.74. The highest BCUT2D eigenvalue weighted by Gasteiger charge is 2.14. The van der Waals surface area contributed by atoms with Crippen LogP contribution in [0.1, 0.15) is 10.4 Å². The molecule has 3 aromatic carbocycles. The molecule has 140 valence electrons. The van der Waals surface area contributed by atoms with Gasteiger partial charge in [-0.05, 0) is 54.6 Å². The molecule has 4 aromatic rings. The number of nitrogens with one attached hydrogen (secondary N) is 1. The molecule has 0 fully saturated rings. The Labute approximate surface area is 160 Å². The van der Waals surface area contributed by atoms with E-state index in [1.54, 1.807) is 60.7 Å². The van der Waals surface area contributed by atoms with Gasteiger partial charge in [0, 0.05) is 16.8 Å². The molecule has 0 bridgehead atoms. The number of oxazole rings is 1. The SMILES string of the molecule is NC(=O)c1ccc2oc(-c3ccc(NS(=O)(=O)c4ccccc4)cc3)nc2c1. The Kier molecular flexibility index (Phi) is 4.32. The fraction of sp³-hybridized carbons (Fsp3) is 0. The molecule has 1 aromatic heterocycles. The van der Waals surface area contributed by atoms with Crippen LogP contribution >= 0.6 is 0 Å². The van der Waals surface area contributed by atoms with E-state index in [1.807, 2.05) is 0 Å². The van der Waals surface area contributed by atoms with Gasteiger partial charge in [-0.15, -0.1) is 0 Å². The van der Waals surface area contributed by atoms with Gasteiger partial charge in [0.1, 0.15) is 5.52 Å². The van der Waals surface area contributed by atoms with Crippen molar-refractivity contribution in [2.75, 3.05) is 4.72 Å². The molecule has 0 aliphatic carbocycles. The van der Waals surface area contributed by atoms with Crippen LogP contribution in [0.5, 0.6) is 0 Å². The fourth-order valence-corrected chi connectivity index (χ4v) is 3.78. The Morgan fingerprint density at radius 1 is 0.964 bits per heavy atom. The normalized spacial score (nSPS) is 11.4. The Morgan fingerprint density at radius 2 is 1.68 bits per heavy atom. The van der Waals surface area contributed by atoms with Crippen LogP contribution in [-0.4, -0.2) is 19.3 Å². The molecule has 0 saturated heterocycles. The maximum atomic E-state index is 12.4. The van der Waals surface area contributed by atoms with Crippen LogP contribution in [0.3, 0.4) is 0 Å². The molecule has 8 heteroatoms. The topological polar surface area (TPSA) is 115 Å². The van der Waals surface area contributed by atoms with Crippen LogP contribution in [0.4, 0.5) is 5.69 Å². The monoisotopic (exact) mass is 393 g/mol. The fourth-order valence-electron chi connectivity index (χ4n) is 2.70. The second-order valence-electron chi connectivity index (χ2n) is 6.06. The molecule has 0 spiro atoms. The molecule has 0 radical (unpaired) electrons. The van der Waals surface area contributed by atoms with Gasteiger partial charge in [-0.1, -0.05) is 18.2 Å². The van der Waals surface area contributed by atoms with E-state index in [1.165, 1.54) is 12.1 Å². The number of hydrogen-bond donors (Lipinski definition) is 2. The summed E-state index contributed by atoms with van der Waals surface area (Å²) >= 11 is 0. The van der Waals surface area contributed by atoms with Gasteiger partial charge in [0.15, 0.2) is 5.58 Å². The number of amides is 1. The van der Waals surface area contributed by atoms with E-state index in [2.05, 4.69) is 9.71 Å². The Morgan fingerprint density at radius 3 is 2.36 bits per heavy atom. The lowest BCUT2D eigenvalue weighted by molar-refractivity contribution is 0.100. The summed E-state index contributed by atoms with van der Waals surface area (Å²) < 4.78 is 33.0. The van der Waals surface area contributed by atoms with E-state index in [-0.39, 0.29) is 4.90 Å². The summed E-state index contributed by atoms with van der Waals surface area (Å²) in [5.41, 5.74) is 7.74. The molecule has 28 heavy (non-hydrogen) atoms. The standard InChI is InChI=1S/C20H15N3O4S/c21-19(24)14-8-11-18-17(12-14)22-20(27-18)13-6-9-15(10-7-13)23-28(25,26)16-4-2-1-3-5-16/h1-12,23H,(H2,21,24). The average molecular weight is 393 g/mol. The average Bonchev–Trinajstić information content (AvgIpc) is 3.12. The number of carbonyl (C=O) groups excluding carboxylic acids is 1. The van der Waals surface area contributed by atoms with Crippen molar-refractivity contribution in [1.82, 2.24) is 4.98 Å². The molecule has 0 atom stereocenters. The van der Waals surface area contributed by atoms with Gasteiger partial charge >= 0.3 is 0 Å². The quantitative estimate of drug-likeness (QED) is 0.539. The highest BCUT2D eigenvalue weighted by Crippen LogP contribution is 2.26. The van der Waals surface area contributed by atoms with Gasteiger partial charge in [0.05, 0.1) is 4.90 Å². The zero-order valence-corrected chi connectivity index (χ0v) is 15.3. The van der Waals surface area contributed by atoms with Crippen molar-refractivity contribution in [1.29, 1.82) is 0 Å². The molecule has 1 heterocycles.